The van der Waals surface area contributed by atoms with E-state index in [9.17, 15) is 17.2 Å². The van der Waals surface area contributed by atoms with Crippen LogP contribution in [0.15, 0.2) is 83.8 Å². The van der Waals surface area contributed by atoms with Crippen LogP contribution in [0.3, 0.4) is 0 Å². The van der Waals surface area contributed by atoms with Gasteiger partial charge in [-0.25, -0.2) is 21.9 Å². The van der Waals surface area contributed by atoms with E-state index >= 15 is 0 Å². The smallest absolute Gasteiger partial charge is 0.232 e. The molecular formula is C24H20F2N2O2S. The zero-order valence-corrected chi connectivity index (χ0v) is 17.8. The summed E-state index contributed by atoms with van der Waals surface area (Å²) < 4.78 is 53.4. The van der Waals surface area contributed by atoms with Crippen molar-refractivity contribution in [3.63, 3.8) is 0 Å². The molecule has 0 atom stereocenters. The summed E-state index contributed by atoms with van der Waals surface area (Å²) in [7, 11) is -3.38. The molecule has 0 fully saturated rings. The van der Waals surface area contributed by atoms with Gasteiger partial charge in [0.05, 0.1) is 16.3 Å². The number of aryl methyl sites for hydroxylation is 1. The highest BCUT2D eigenvalue weighted by molar-refractivity contribution is 7.90. The van der Waals surface area contributed by atoms with Gasteiger partial charge >= 0.3 is 0 Å². The number of benzene rings is 3. The summed E-state index contributed by atoms with van der Waals surface area (Å²) >= 11 is 0. The van der Waals surface area contributed by atoms with Crippen LogP contribution in [0.5, 0.6) is 0 Å². The third-order valence-corrected chi connectivity index (χ3v) is 6.14. The Balaban J connectivity index is 2.04. The van der Waals surface area contributed by atoms with E-state index in [1.54, 1.807) is 48.5 Å². The highest BCUT2D eigenvalue weighted by Gasteiger charge is 2.27. The van der Waals surface area contributed by atoms with E-state index in [2.05, 4.69) is 5.10 Å². The normalized spacial score (nSPS) is 11.8. The maximum absolute atomic E-state index is 14.1. The molecule has 0 saturated carbocycles. The van der Waals surface area contributed by atoms with Crippen LogP contribution in [0.4, 0.5) is 8.78 Å². The Morgan fingerprint density at radius 3 is 1.97 bits per heavy atom. The van der Waals surface area contributed by atoms with Gasteiger partial charge in [-0.15, -0.1) is 0 Å². The summed E-state index contributed by atoms with van der Waals surface area (Å²) in [6.07, 6.45) is -1.65. The monoisotopic (exact) mass is 438 g/mol. The SMILES string of the molecule is Cc1ccc(-c2c(C(F)F)nn(-c3ccccc3)c2-c2ccc(S(C)(=O)=O)cc2)cc1. The first-order chi connectivity index (χ1) is 14.8. The van der Waals surface area contributed by atoms with E-state index in [1.165, 1.54) is 16.8 Å². The van der Waals surface area contributed by atoms with E-state index in [0.717, 1.165) is 11.8 Å². The second-order valence-electron chi connectivity index (χ2n) is 7.32. The van der Waals surface area contributed by atoms with Gasteiger partial charge in [-0.05, 0) is 36.8 Å². The van der Waals surface area contributed by atoms with Crippen LogP contribution in [0.2, 0.25) is 0 Å². The molecule has 158 valence electrons. The molecule has 4 aromatic rings. The number of halogens is 2. The van der Waals surface area contributed by atoms with Crippen molar-refractivity contribution in [2.24, 2.45) is 0 Å². The van der Waals surface area contributed by atoms with Crippen molar-refractivity contribution < 1.29 is 17.2 Å². The lowest BCUT2D eigenvalue weighted by atomic mass is 9.98. The zero-order chi connectivity index (χ0) is 22.2. The van der Waals surface area contributed by atoms with Crippen LogP contribution in [0.25, 0.3) is 28.1 Å². The number of para-hydroxylation sites is 1. The number of nitrogens with zero attached hydrogens (tertiary/aromatic N) is 2. The molecule has 0 spiro atoms. The molecule has 0 aliphatic carbocycles. The van der Waals surface area contributed by atoms with E-state index in [-0.39, 0.29) is 10.6 Å². The molecular weight excluding hydrogens is 418 g/mol. The van der Waals surface area contributed by atoms with E-state index < -0.39 is 16.3 Å². The molecule has 0 aliphatic rings. The minimum absolute atomic E-state index is 0.160. The molecule has 4 rings (SSSR count). The number of aromatic nitrogens is 2. The topological polar surface area (TPSA) is 52.0 Å². The number of rotatable bonds is 5. The van der Waals surface area contributed by atoms with Gasteiger partial charge in [0.15, 0.2) is 9.84 Å². The quantitative estimate of drug-likeness (QED) is 0.392. The standard InChI is InChI=1S/C24H20F2N2O2S/c1-16-8-10-17(11-9-16)21-22(24(25)26)27-28(19-6-4-3-5-7-19)23(21)18-12-14-20(15-13-18)31(2,29)30/h3-15,24H,1-2H3. The second kappa shape index (κ2) is 8.07. The lowest BCUT2D eigenvalue weighted by Gasteiger charge is -2.11. The molecule has 31 heavy (non-hydrogen) atoms. The van der Waals surface area contributed by atoms with Gasteiger partial charge in [-0.1, -0.05) is 60.2 Å². The van der Waals surface area contributed by atoms with E-state index in [4.69, 9.17) is 0 Å². The molecule has 0 aliphatic heterocycles. The summed E-state index contributed by atoms with van der Waals surface area (Å²) in [5.41, 5.74) is 3.32. The summed E-state index contributed by atoms with van der Waals surface area (Å²) in [4.78, 5) is 0.160. The van der Waals surface area contributed by atoms with Crippen molar-refractivity contribution >= 4 is 9.84 Å². The summed E-state index contributed by atoms with van der Waals surface area (Å²) in [5.74, 6) is 0. The first-order valence-electron chi connectivity index (χ1n) is 9.60. The second-order valence-corrected chi connectivity index (χ2v) is 9.34. The molecule has 0 saturated heterocycles. The first-order valence-corrected chi connectivity index (χ1v) is 11.5. The third kappa shape index (κ3) is 4.14. The molecule has 0 unspecified atom stereocenters. The number of hydrogen-bond donors (Lipinski definition) is 0. The minimum Gasteiger partial charge on any atom is -0.232 e. The van der Waals surface area contributed by atoms with Crippen LogP contribution in [0.1, 0.15) is 17.7 Å². The Labute approximate surface area is 179 Å². The largest absolute Gasteiger partial charge is 0.282 e. The Morgan fingerprint density at radius 1 is 0.839 bits per heavy atom. The maximum atomic E-state index is 14.1. The average Bonchev–Trinajstić information content (AvgIpc) is 3.15. The van der Waals surface area contributed by atoms with E-state index in [1.807, 2.05) is 25.1 Å². The van der Waals surface area contributed by atoms with Gasteiger partial charge in [0, 0.05) is 17.4 Å². The van der Waals surface area contributed by atoms with Crippen molar-refractivity contribution in [1.82, 2.24) is 9.78 Å². The van der Waals surface area contributed by atoms with Crippen LogP contribution in [-0.2, 0) is 9.84 Å². The van der Waals surface area contributed by atoms with E-state index in [0.29, 0.717) is 28.1 Å². The van der Waals surface area contributed by atoms with Gasteiger partial charge in [0.2, 0.25) is 0 Å². The maximum Gasteiger partial charge on any atom is 0.282 e. The predicted molar refractivity (Wildman–Crippen MR) is 117 cm³/mol. The summed E-state index contributed by atoms with van der Waals surface area (Å²) in [5, 5.41) is 4.27. The minimum atomic E-state index is -3.38. The van der Waals surface area contributed by atoms with Crippen LogP contribution in [-0.4, -0.2) is 24.5 Å². The van der Waals surface area contributed by atoms with Crippen molar-refractivity contribution in [3.05, 3.63) is 90.1 Å². The first kappa shape index (κ1) is 20.9. The molecule has 0 radical (unpaired) electrons. The van der Waals surface area contributed by atoms with Crippen LogP contribution < -0.4 is 0 Å². The molecule has 0 amide bonds. The molecule has 0 N–H and O–H groups in total. The highest BCUT2D eigenvalue weighted by atomic mass is 32.2. The van der Waals surface area contributed by atoms with Gasteiger partial charge in [-0.2, -0.15) is 5.10 Å². The third-order valence-electron chi connectivity index (χ3n) is 5.02. The van der Waals surface area contributed by atoms with Crippen LogP contribution in [0, 0.1) is 6.92 Å². The fraction of sp³-hybridized carbons (Fsp3) is 0.125. The number of hydrogen-bond acceptors (Lipinski definition) is 3. The number of alkyl halides is 2. The lowest BCUT2D eigenvalue weighted by Crippen LogP contribution is -2.01. The van der Waals surface area contributed by atoms with Crippen molar-refractivity contribution in [3.8, 4) is 28.1 Å². The molecule has 7 heteroatoms. The number of sulfone groups is 1. The van der Waals surface area contributed by atoms with Crippen molar-refractivity contribution in [1.29, 1.82) is 0 Å². The molecule has 4 nitrogen and oxygen atoms in total. The fourth-order valence-corrected chi connectivity index (χ4v) is 4.11. The Morgan fingerprint density at radius 2 is 1.42 bits per heavy atom. The average molecular weight is 438 g/mol. The van der Waals surface area contributed by atoms with Crippen molar-refractivity contribution in [2.45, 2.75) is 18.2 Å². The molecule has 1 heterocycles. The zero-order valence-electron chi connectivity index (χ0n) is 17.0. The lowest BCUT2D eigenvalue weighted by molar-refractivity contribution is 0.146. The van der Waals surface area contributed by atoms with Gasteiger partial charge in [0.1, 0.15) is 5.69 Å². The Hall–Kier alpha value is -3.32. The predicted octanol–water partition coefficient (Wildman–Crippen LogP) is 5.86. The molecule has 0 bridgehead atoms. The molecule has 1 aromatic heterocycles. The molecule has 3 aromatic carbocycles. The highest BCUT2D eigenvalue weighted by Crippen LogP contribution is 2.40. The van der Waals surface area contributed by atoms with Crippen LogP contribution >= 0.6 is 0 Å². The van der Waals surface area contributed by atoms with Crippen molar-refractivity contribution in [2.75, 3.05) is 6.26 Å². The van der Waals surface area contributed by atoms with Gasteiger partial charge in [0.25, 0.3) is 6.43 Å². The summed E-state index contributed by atoms with van der Waals surface area (Å²) in [6.45, 7) is 1.93. The summed E-state index contributed by atoms with van der Waals surface area (Å²) in [6, 6.07) is 22.5. The Bertz CT molecular complexity index is 1310. The Kier molecular flexibility index (Phi) is 5.45. The van der Waals surface area contributed by atoms with Gasteiger partial charge < -0.3 is 0 Å². The van der Waals surface area contributed by atoms with Gasteiger partial charge in [-0.3, -0.25) is 0 Å². The fourth-order valence-electron chi connectivity index (χ4n) is 3.48.